The molecule has 0 unspecified atom stereocenters. The van der Waals surface area contributed by atoms with Crippen LogP contribution in [-0.4, -0.2) is 110 Å². The van der Waals surface area contributed by atoms with Gasteiger partial charge in [0, 0.05) is 0 Å². The van der Waals surface area contributed by atoms with Gasteiger partial charge in [-0.15, -0.1) is 0 Å². The first-order chi connectivity index (χ1) is 11.3. The predicted molar refractivity (Wildman–Crippen MR) is 73.7 cm³/mol. The van der Waals surface area contributed by atoms with Crippen LogP contribution in [0.4, 0.5) is 0 Å². The highest BCUT2D eigenvalue weighted by atomic mass is 16.7. The Morgan fingerprint density at radius 2 is 1.42 bits per heavy atom. The van der Waals surface area contributed by atoms with Crippen LogP contribution in [0.3, 0.4) is 0 Å². The minimum Gasteiger partial charge on any atom is -0.394 e. The molecule has 0 aromatic rings. The molecule has 2 fully saturated rings. The van der Waals surface area contributed by atoms with Gasteiger partial charge in [0.25, 0.3) is 0 Å². The van der Waals surface area contributed by atoms with E-state index in [1.165, 1.54) is 0 Å². The molecular formula is C12H24N2O10. The van der Waals surface area contributed by atoms with E-state index < -0.39 is 74.6 Å². The van der Waals surface area contributed by atoms with Crippen molar-refractivity contribution in [1.82, 2.24) is 5.43 Å². The third-order valence-corrected chi connectivity index (χ3v) is 4.17. The van der Waals surface area contributed by atoms with Gasteiger partial charge in [0.1, 0.15) is 55.1 Å². The van der Waals surface area contributed by atoms with Gasteiger partial charge in [0.2, 0.25) is 0 Å². The van der Waals surface area contributed by atoms with Crippen molar-refractivity contribution in [3.63, 3.8) is 0 Å². The van der Waals surface area contributed by atoms with Crippen LogP contribution in [0.15, 0.2) is 0 Å². The van der Waals surface area contributed by atoms with E-state index in [9.17, 15) is 30.6 Å². The van der Waals surface area contributed by atoms with Crippen molar-refractivity contribution in [3.05, 3.63) is 0 Å². The van der Waals surface area contributed by atoms with Crippen LogP contribution in [0, 0.1) is 0 Å². The Labute approximate surface area is 137 Å². The minimum absolute atomic E-state index is 0.607. The Hall–Kier alpha value is -0.480. The molecule has 0 spiro atoms. The predicted octanol–water partition coefficient (Wildman–Crippen LogP) is -5.93. The van der Waals surface area contributed by atoms with Gasteiger partial charge in [-0.25, -0.2) is 5.43 Å². The summed E-state index contributed by atoms with van der Waals surface area (Å²) >= 11 is 0. The number of aliphatic hydroxyl groups is 7. The van der Waals surface area contributed by atoms with E-state index in [-0.39, 0.29) is 0 Å². The second-order valence-corrected chi connectivity index (χ2v) is 5.72. The Balaban J connectivity index is 2.12. The van der Waals surface area contributed by atoms with Crippen LogP contribution < -0.4 is 11.3 Å². The maximum atomic E-state index is 10.1. The van der Waals surface area contributed by atoms with Crippen LogP contribution in [0.1, 0.15) is 0 Å². The molecule has 0 aromatic heterocycles. The molecule has 0 aliphatic carbocycles. The molecule has 2 rings (SSSR count). The summed E-state index contributed by atoms with van der Waals surface area (Å²) in [7, 11) is 0. The molecule has 12 nitrogen and oxygen atoms in total. The van der Waals surface area contributed by atoms with Crippen molar-refractivity contribution in [2.45, 2.75) is 61.3 Å². The fourth-order valence-corrected chi connectivity index (χ4v) is 2.73. The smallest absolute Gasteiger partial charge is 0.187 e. The number of aliphatic hydroxyl groups excluding tert-OH is 7. The van der Waals surface area contributed by atoms with Gasteiger partial charge in [0.15, 0.2) is 6.29 Å². The summed E-state index contributed by atoms with van der Waals surface area (Å²) in [5.41, 5.74) is 2.12. The maximum absolute atomic E-state index is 10.1. The quantitative estimate of drug-likeness (QED) is 0.167. The highest BCUT2D eigenvalue weighted by Gasteiger charge is 2.50. The largest absolute Gasteiger partial charge is 0.394 e. The molecule has 0 aromatic carbocycles. The van der Waals surface area contributed by atoms with Crippen molar-refractivity contribution < 1.29 is 50.0 Å². The Morgan fingerprint density at radius 1 is 0.792 bits per heavy atom. The van der Waals surface area contributed by atoms with Crippen molar-refractivity contribution in [2.24, 2.45) is 5.84 Å². The number of hydrazine groups is 1. The lowest BCUT2D eigenvalue weighted by molar-refractivity contribution is -0.343. The van der Waals surface area contributed by atoms with Gasteiger partial charge in [-0.05, 0) is 0 Å². The summed E-state index contributed by atoms with van der Waals surface area (Å²) in [6.07, 6.45) is -14.4. The number of ether oxygens (including phenoxy) is 3. The zero-order valence-corrected chi connectivity index (χ0v) is 12.6. The van der Waals surface area contributed by atoms with Crippen LogP contribution in [0.25, 0.3) is 0 Å². The van der Waals surface area contributed by atoms with Gasteiger partial charge >= 0.3 is 0 Å². The maximum Gasteiger partial charge on any atom is 0.187 e. The number of rotatable bonds is 5. The molecular weight excluding hydrogens is 332 g/mol. The van der Waals surface area contributed by atoms with Crippen molar-refractivity contribution in [1.29, 1.82) is 0 Å². The summed E-state index contributed by atoms with van der Waals surface area (Å²) in [5, 5.41) is 67.9. The van der Waals surface area contributed by atoms with Crippen molar-refractivity contribution in [3.8, 4) is 0 Å². The second-order valence-electron chi connectivity index (χ2n) is 5.72. The van der Waals surface area contributed by atoms with Gasteiger partial charge in [0.05, 0.1) is 13.2 Å². The van der Waals surface area contributed by atoms with E-state index in [1.54, 1.807) is 0 Å². The number of hydrogen-bond donors (Lipinski definition) is 9. The summed E-state index contributed by atoms with van der Waals surface area (Å²) in [5.74, 6) is 5.17. The van der Waals surface area contributed by atoms with E-state index in [0.717, 1.165) is 0 Å². The number of hydrogen-bond acceptors (Lipinski definition) is 12. The molecule has 2 aliphatic rings. The second kappa shape index (κ2) is 8.27. The fourth-order valence-electron chi connectivity index (χ4n) is 2.73. The lowest BCUT2D eigenvalue weighted by Gasteiger charge is -2.45. The SMILES string of the molecule is NN[C@@H]1O[C@H](CO)[C@@H](O[C@@H]2O[C@H](CO)[C@H](O)[C@H](O)[C@H]2O)[C@H](O)[C@H]1O. The topological polar surface area (TPSA) is 207 Å². The van der Waals surface area contributed by atoms with Crippen molar-refractivity contribution in [2.75, 3.05) is 13.2 Å². The zero-order chi connectivity index (χ0) is 18.0. The highest BCUT2D eigenvalue weighted by Crippen LogP contribution is 2.28. The average molecular weight is 356 g/mol. The molecule has 24 heavy (non-hydrogen) atoms. The molecule has 142 valence electrons. The van der Waals surface area contributed by atoms with E-state index in [1.807, 2.05) is 0 Å². The van der Waals surface area contributed by atoms with E-state index >= 15 is 0 Å². The molecule has 2 saturated heterocycles. The van der Waals surface area contributed by atoms with Crippen molar-refractivity contribution >= 4 is 0 Å². The Kier molecular flexibility index (Phi) is 6.83. The van der Waals surface area contributed by atoms with Crippen LogP contribution in [0.2, 0.25) is 0 Å². The van der Waals surface area contributed by atoms with E-state index in [4.69, 9.17) is 25.2 Å². The number of nitrogens with one attached hydrogen (secondary N) is 1. The van der Waals surface area contributed by atoms with E-state index in [2.05, 4.69) is 5.43 Å². The van der Waals surface area contributed by atoms with Crippen LogP contribution in [0.5, 0.6) is 0 Å². The first-order valence-electron chi connectivity index (χ1n) is 7.40. The normalized spacial score (nSPS) is 50.0. The van der Waals surface area contributed by atoms with Gasteiger partial charge in [-0.3, -0.25) is 5.84 Å². The van der Waals surface area contributed by atoms with Gasteiger partial charge in [-0.2, -0.15) is 0 Å². The lowest BCUT2D eigenvalue weighted by Crippen LogP contribution is -2.66. The summed E-state index contributed by atoms with van der Waals surface area (Å²) in [6.45, 7) is -1.26. The molecule has 2 aliphatic heterocycles. The summed E-state index contributed by atoms with van der Waals surface area (Å²) in [6, 6.07) is 0. The third-order valence-electron chi connectivity index (χ3n) is 4.17. The zero-order valence-electron chi connectivity index (χ0n) is 12.6. The molecule has 0 amide bonds. The van der Waals surface area contributed by atoms with Gasteiger partial charge in [-0.1, -0.05) is 0 Å². The molecule has 0 bridgehead atoms. The van der Waals surface area contributed by atoms with Gasteiger partial charge < -0.3 is 50.0 Å². The van der Waals surface area contributed by atoms with Crippen LogP contribution in [-0.2, 0) is 14.2 Å². The van der Waals surface area contributed by atoms with E-state index in [0.29, 0.717) is 0 Å². The van der Waals surface area contributed by atoms with Crippen LogP contribution >= 0.6 is 0 Å². The summed E-state index contributed by atoms with van der Waals surface area (Å²) < 4.78 is 15.8. The fraction of sp³-hybridized carbons (Fsp3) is 1.00. The molecule has 2 heterocycles. The summed E-state index contributed by atoms with van der Waals surface area (Å²) in [4.78, 5) is 0. The number of nitrogens with two attached hydrogens (primary N) is 1. The highest BCUT2D eigenvalue weighted by molar-refractivity contribution is 4.94. The monoisotopic (exact) mass is 356 g/mol. The third kappa shape index (κ3) is 3.70. The Bertz CT molecular complexity index is 400. The lowest BCUT2D eigenvalue weighted by atomic mass is 9.96. The molecule has 10 atom stereocenters. The first-order valence-corrected chi connectivity index (χ1v) is 7.40. The minimum atomic E-state index is -1.70. The average Bonchev–Trinajstić information content (AvgIpc) is 2.59. The molecule has 12 heteroatoms. The Morgan fingerprint density at radius 3 is 1.96 bits per heavy atom. The standard InChI is InChI=1S/C12H24N2O10/c13-14-11-8(20)7(19)10(4(2-16)22-11)24-12-9(21)6(18)5(17)3(1-15)23-12/h3-12,14-21H,1-2,13H2/t3-,4-,5+,6+,7-,8-,9-,10-,11-,12+/m1/s1. The molecule has 0 saturated carbocycles. The molecule has 0 radical (unpaired) electrons. The first kappa shape index (κ1) is 19.8. The molecule has 10 N–H and O–H groups in total.